The Morgan fingerprint density at radius 3 is 2.45 bits per heavy atom. The SMILES string of the molecule is O=C1OC(c2ccc(Br)cc2)=N/C1=C\c1ccncc1. The zero-order valence-corrected chi connectivity index (χ0v) is 11.9. The van der Waals surface area contributed by atoms with Crippen LogP contribution in [0.3, 0.4) is 0 Å². The highest BCUT2D eigenvalue weighted by Gasteiger charge is 2.23. The van der Waals surface area contributed by atoms with Crippen LogP contribution in [-0.2, 0) is 9.53 Å². The Morgan fingerprint density at radius 1 is 1.05 bits per heavy atom. The third-order valence-corrected chi connectivity index (χ3v) is 3.25. The number of pyridine rings is 1. The Kier molecular flexibility index (Phi) is 3.43. The lowest BCUT2D eigenvalue weighted by Crippen LogP contribution is -2.05. The fraction of sp³-hybridized carbons (Fsp3) is 0. The van der Waals surface area contributed by atoms with Crippen LogP contribution in [0.2, 0.25) is 0 Å². The predicted molar refractivity (Wildman–Crippen MR) is 79.0 cm³/mol. The molecule has 0 bridgehead atoms. The number of hydrogen-bond acceptors (Lipinski definition) is 4. The molecular formula is C15H9BrN2O2. The summed E-state index contributed by atoms with van der Waals surface area (Å²) in [6.45, 7) is 0. The van der Waals surface area contributed by atoms with Gasteiger partial charge in [0.05, 0.1) is 0 Å². The van der Waals surface area contributed by atoms with Crippen LogP contribution in [0.5, 0.6) is 0 Å². The number of ether oxygens (including phenoxy) is 1. The molecule has 2 aromatic rings. The van der Waals surface area contributed by atoms with E-state index < -0.39 is 5.97 Å². The average Bonchev–Trinajstić information content (AvgIpc) is 2.82. The molecule has 0 amide bonds. The number of carbonyl (C=O) groups excluding carboxylic acids is 1. The van der Waals surface area contributed by atoms with Crippen molar-refractivity contribution in [2.45, 2.75) is 0 Å². The summed E-state index contributed by atoms with van der Waals surface area (Å²) < 4.78 is 6.14. The van der Waals surface area contributed by atoms with Gasteiger partial charge in [-0.3, -0.25) is 4.98 Å². The molecule has 0 fully saturated rings. The summed E-state index contributed by atoms with van der Waals surface area (Å²) in [7, 11) is 0. The third kappa shape index (κ3) is 2.67. The number of rotatable bonds is 2. The number of esters is 1. The van der Waals surface area contributed by atoms with Crippen LogP contribution in [-0.4, -0.2) is 16.9 Å². The number of aliphatic imine (C=N–C) groups is 1. The Bertz CT molecular complexity index is 706. The molecule has 1 aromatic carbocycles. The molecule has 0 spiro atoms. The minimum atomic E-state index is -0.445. The molecule has 0 unspecified atom stereocenters. The lowest BCUT2D eigenvalue weighted by atomic mass is 10.2. The van der Waals surface area contributed by atoms with Gasteiger partial charge in [-0.15, -0.1) is 0 Å². The maximum absolute atomic E-state index is 11.8. The third-order valence-electron chi connectivity index (χ3n) is 2.72. The molecule has 1 aliphatic rings. The van der Waals surface area contributed by atoms with E-state index in [1.165, 1.54) is 0 Å². The minimum absolute atomic E-state index is 0.286. The molecule has 1 aromatic heterocycles. The zero-order chi connectivity index (χ0) is 13.9. The van der Waals surface area contributed by atoms with E-state index in [4.69, 9.17) is 4.74 Å². The molecule has 0 N–H and O–H groups in total. The number of cyclic esters (lactones) is 1. The molecule has 20 heavy (non-hydrogen) atoms. The average molecular weight is 329 g/mol. The Morgan fingerprint density at radius 2 is 1.75 bits per heavy atom. The van der Waals surface area contributed by atoms with E-state index in [1.54, 1.807) is 30.6 Å². The lowest BCUT2D eigenvalue weighted by molar-refractivity contribution is -0.129. The van der Waals surface area contributed by atoms with E-state index in [2.05, 4.69) is 25.9 Å². The van der Waals surface area contributed by atoms with Crippen molar-refractivity contribution in [1.29, 1.82) is 0 Å². The molecule has 1 aliphatic heterocycles. The second-order valence-electron chi connectivity index (χ2n) is 4.12. The summed E-state index contributed by atoms with van der Waals surface area (Å²) in [5.41, 5.74) is 1.90. The zero-order valence-electron chi connectivity index (χ0n) is 10.3. The molecule has 5 heteroatoms. The first-order valence-electron chi connectivity index (χ1n) is 5.91. The summed E-state index contributed by atoms with van der Waals surface area (Å²) in [5, 5.41) is 0. The number of carbonyl (C=O) groups is 1. The van der Waals surface area contributed by atoms with Crippen molar-refractivity contribution in [3.05, 3.63) is 70.1 Å². The molecule has 0 saturated heterocycles. The maximum Gasteiger partial charge on any atom is 0.363 e. The largest absolute Gasteiger partial charge is 0.402 e. The van der Waals surface area contributed by atoms with E-state index in [0.717, 1.165) is 15.6 Å². The van der Waals surface area contributed by atoms with Crippen LogP contribution < -0.4 is 0 Å². The molecule has 0 radical (unpaired) electrons. The second kappa shape index (κ2) is 5.38. The monoisotopic (exact) mass is 328 g/mol. The molecule has 3 rings (SSSR count). The van der Waals surface area contributed by atoms with Gasteiger partial charge in [-0.1, -0.05) is 15.9 Å². The lowest BCUT2D eigenvalue weighted by Gasteiger charge is -1.98. The van der Waals surface area contributed by atoms with Crippen LogP contribution in [0.15, 0.2) is 64.0 Å². The van der Waals surface area contributed by atoms with Crippen molar-refractivity contribution in [3.63, 3.8) is 0 Å². The van der Waals surface area contributed by atoms with Crippen molar-refractivity contribution in [3.8, 4) is 0 Å². The summed E-state index contributed by atoms with van der Waals surface area (Å²) in [6.07, 6.45) is 4.99. The number of aromatic nitrogens is 1. The summed E-state index contributed by atoms with van der Waals surface area (Å²) >= 11 is 3.36. The minimum Gasteiger partial charge on any atom is -0.402 e. The smallest absolute Gasteiger partial charge is 0.363 e. The molecule has 0 saturated carbocycles. The van der Waals surface area contributed by atoms with Gasteiger partial charge >= 0.3 is 5.97 Å². The maximum atomic E-state index is 11.8. The van der Waals surface area contributed by atoms with E-state index in [0.29, 0.717) is 5.90 Å². The highest BCUT2D eigenvalue weighted by Crippen LogP contribution is 2.20. The number of halogens is 1. The van der Waals surface area contributed by atoms with Crippen molar-refractivity contribution >= 4 is 33.9 Å². The number of nitrogens with zero attached hydrogens (tertiary/aromatic N) is 2. The quantitative estimate of drug-likeness (QED) is 0.628. The Hall–Kier alpha value is -2.27. The summed E-state index contributed by atoms with van der Waals surface area (Å²) in [4.78, 5) is 20.0. The summed E-state index contributed by atoms with van der Waals surface area (Å²) in [5.74, 6) is -0.123. The Labute approximate surface area is 124 Å². The van der Waals surface area contributed by atoms with Gasteiger partial charge in [-0.05, 0) is 48.0 Å². The van der Waals surface area contributed by atoms with E-state index in [1.807, 2.05) is 24.3 Å². The first-order valence-corrected chi connectivity index (χ1v) is 6.70. The van der Waals surface area contributed by atoms with Gasteiger partial charge in [0, 0.05) is 22.4 Å². The van der Waals surface area contributed by atoms with Gasteiger partial charge < -0.3 is 4.74 Å². The summed E-state index contributed by atoms with van der Waals surface area (Å²) in [6, 6.07) is 11.0. The normalized spacial score (nSPS) is 16.1. The standard InChI is InChI=1S/C15H9BrN2O2/c16-12-3-1-11(2-4-12)14-18-13(15(19)20-14)9-10-5-7-17-8-6-10/h1-9H/b13-9-. The fourth-order valence-corrected chi connectivity index (χ4v) is 2.01. The van der Waals surface area contributed by atoms with Crippen molar-refractivity contribution in [2.75, 3.05) is 0 Å². The second-order valence-corrected chi connectivity index (χ2v) is 5.04. The fourth-order valence-electron chi connectivity index (χ4n) is 1.74. The van der Waals surface area contributed by atoms with Gasteiger partial charge in [-0.25, -0.2) is 9.79 Å². The van der Waals surface area contributed by atoms with Crippen LogP contribution in [0.25, 0.3) is 6.08 Å². The van der Waals surface area contributed by atoms with Gasteiger partial charge in [0.25, 0.3) is 0 Å². The van der Waals surface area contributed by atoms with Gasteiger partial charge in [-0.2, -0.15) is 0 Å². The molecule has 0 aliphatic carbocycles. The van der Waals surface area contributed by atoms with Gasteiger partial charge in [0.1, 0.15) is 0 Å². The highest BCUT2D eigenvalue weighted by molar-refractivity contribution is 9.10. The highest BCUT2D eigenvalue weighted by atomic mass is 79.9. The van der Waals surface area contributed by atoms with Crippen molar-refractivity contribution < 1.29 is 9.53 Å². The topological polar surface area (TPSA) is 51.5 Å². The van der Waals surface area contributed by atoms with Crippen LogP contribution >= 0.6 is 15.9 Å². The molecule has 2 heterocycles. The van der Waals surface area contributed by atoms with Crippen LogP contribution in [0.1, 0.15) is 11.1 Å². The molecule has 98 valence electrons. The van der Waals surface area contributed by atoms with Gasteiger partial charge in [0.15, 0.2) is 5.70 Å². The first kappa shape index (κ1) is 12.7. The molecule has 4 nitrogen and oxygen atoms in total. The van der Waals surface area contributed by atoms with E-state index in [9.17, 15) is 4.79 Å². The molecule has 0 atom stereocenters. The van der Waals surface area contributed by atoms with Gasteiger partial charge in [0.2, 0.25) is 5.90 Å². The van der Waals surface area contributed by atoms with Crippen LogP contribution in [0, 0.1) is 0 Å². The predicted octanol–water partition coefficient (Wildman–Crippen LogP) is 3.19. The van der Waals surface area contributed by atoms with E-state index >= 15 is 0 Å². The number of benzene rings is 1. The van der Waals surface area contributed by atoms with Crippen molar-refractivity contribution in [1.82, 2.24) is 4.98 Å². The first-order chi connectivity index (χ1) is 9.72. The van der Waals surface area contributed by atoms with Crippen molar-refractivity contribution in [2.24, 2.45) is 4.99 Å². The number of hydrogen-bond donors (Lipinski definition) is 0. The van der Waals surface area contributed by atoms with E-state index in [-0.39, 0.29) is 5.70 Å². The Balaban J connectivity index is 1.93. The van der Waals surface area contributed by atoms with Crippen LogP contribution in [0.4, 0.5) is 0 Å². The molecular weight excluding hydrogens is 320 g/mol.